The first kappa shape index (κ1) is 14.2. The second-order valence-electron chi connectivity index (χ2n) is 7.20. The third kappa shape index (κ3) is 3.89. The zero-order valence-electron chi connectivity index (χ0n) is 13.0. The van der Waals surface area contributed by atoms with Gasteiger partial charge in [-0.25, -0.2) is 0 Å². The van der Waals surface area contributed by atoms with Gasteiger partial charge in [-0.2, -0.15) is 0 Å². The van der Waals surface area contributed by atoms with Crippen LogP contribution in [0.1, 0.15) is 40.0 Å². The number of benzene rings is 1. The average Bonchev–Trinajstić information content (AvgIpc) is 2.26. The third-order valence-corrected chi connectivity index (χ3v) is 4.12. The molecule has 2 unspecified atom stereocenters. The van der Waals surface area contributed by atoms with Gasteiger partial charge in [0.05, 0.1) is 0 Å². The Kier molecular flexibility index (Phi) is 4.07. The summed E-state index contributed by atoms with van der Waals surface area (Å²) in [5, 5.41) is 3.74. The van der Waals surface area contributed by atoms with Gasteiger partial charge in [0.1, 0.15) is 0 Å². The smallest absolute Gasteiger partial charge is 0.0381 e. The van der Waals surface area contributed by atoms with Crippen LogP contribution in [0.3, 0.4) is 0 Å². The van der Waals surface area contributed by atoms with Gasteiger partial charge >= 0.3 is 0 Å². The van der Waals surface area contributed by atoms with Crippen molar-refractivity contribution in [2.45, 2.75) is 46.1 Å². The molecule has 1 saturated carbocycles. The summed E-state index contributed by atoms with van der Waals surface area (Å²) in [6, 6.07) is 9.32. The van der Waals surface area contributed by atoms with Crippen LogP contribution in [0.4, 0.5) is 11.4 Å². The molecule has 2 heteroatoms. The summed E-state index contributed by atoms with van der Waals surface area (Å²) in [5.74, 6) is 0.818. The van der Waals surface area contributed by atoms with Gasteiger partial charge in [-0.1, -0.05) is 26.8 Å². The maximum absolute atomic E-state index is 3.74. The van der Waals surface area contributed by atoms with E-state index in [1.165, 1.54) is 30.6 Å². The molecule has 0 spiro atoms. The van der Waals surface area contributed by atoms with Crippen molar-refractivity contribution in [3.05, 3.63) is 24.3 Å². The SMILES string of the molecule is CC1CC(Nc2cccc(N(C)C)c2)CC(C)(C)C1. The summed E-state index contributed by atoms with van der Waals surface area (Å²) < 4.78 is 0. The Hall–Kier alpha value is -1.18. The molecular weight excluding hydrogens is 232 g/mol. The first-order chi connectivity index (χ1) is 8.85. The molecule has 0 aliphatic heterocycles. The van der Waals surface area contributed by atoms with Crippen LogP contribution >= 0.6 is 0 Å². The predicted octanol–water partition coefficient (Wildman–Crippen LogP) is 4.38. The molecule has 1 aromatic rings. The molecule has 19 heavy (non-hydrogen) atoms. The molecular formula is C17H28N2. The van der Waals surface area contributed by atoms with Gasteiger partial charge in [-0.3, -0.25) is 0 Å². The summed E-state index contributed by atoms with van der Waals surface area (Å²) in [6.07, 6.45) is 3.90. The van der Waals surface area contributed by atoms with E-state index >= 15 is 0 Å². The average molecular weight is 260 g/mol. The van der Waals surface area contributed by atoms with E-state index in [0.29, 0.717) is 11.5 Å². The molecule has 0 bridgehead atoms. The van der Waals surface area contributed by atoms with Crippen LogP contribution in [0.2, 0.25) is 0 Å². The summed E-state index contributed by atoms with van der Waals surface area (Å²) in [5.41, 5.74) is 2.98. The van der Waals surface area contributed by atoms with Gasteiger partial charge in [0.2, 0.25) is 0 Å². The highest BCUT2D eigenvalue weighted by molar-refractivity contribution is 5.57. The van der Waals surface area contributed by atoms with Crippen molar-refractivity contribution in [3.8, 4) is 0 Å². The van der Waals surface area contributed by atoms with E-state index in [4.69, 9.17) is 0 Å². The molecule has 1 aromatic carbocycles. The van der Waals surface area contributed by atoms with Crippen molar-refractivity contribution in [3.63, 3.8) is 0 Å². The van der Waals surface area contributed by atoms with Gasteiger partial charge in [-0.15, -0.1) is 0 Å². The van der Waals surface area contributed by atoms with E-state index < -0.39 is 0 Å². The molecule has 0 saturated heterocycles. The normalized spacial score (nSPS) is 25.9. The minimum atomic E-state index is 0.467. The highest BCUT2D eigenvalue weighted by Gasteiger charge is 2.31. The molecule has 2 rings (SSSR count). The van der Waals surface area contributed by atoms with Crippen LogP contribution in [-0.2, 0) is 0 Å². The van der Waals surface area contributed by atoms with Crippen molar-refractivity contribution < 1.29 is 0 Å². The Bertz CT molecular complexity index is 423. The maximum Gasteiger partial charge on any atom is 0.0381 e. The van der Waals surface area contributed by atoms with E-state index in [1.54, 1.807) is 0 Å². The first-order valence-electron chi connectivity index (χ1n) is 7.40. The minimum absolute atomic E-state index is 0.467. The summed E-state index contributed by atoms with van der Waals surface area (Å²) in [6.45, 7) is 7.17. The number of hydrogen-bond acceptors (Lipinski definition) is 2. The molecule has 0 heterocycles. The topological polar surface area (TPSA) is 15.3 Å². The van der Waals surface area contributed by atoms with Gasteiger partial charge in [0, 0.05) is 31.5 Å². The largest absolute Gasteiger partial charge is 0.382 e. The van der Waals surface area contributed by atoms with E-state index in [0.717, 1.165) is 5.92 Å². The van der Waals surface area contributed by atoms with Crippen molar-refractivity contribution in [2.24, 2.45) is 11.3 Å². The second kappa shape index (κ2) is 5.44. The molecule has 0 aromatic heterocycles. The first-order valence-corrected chi connectivity index (χ1v) is 7.40. The molecule has 1 aliphatic carbocycles. The summed E-state index contributed by atoms with van der Waals surface area (Å²) in [4.78, 5) is 2.15. The lowest BCUT2D eigenvalue weighted by molar-refractivity contribution is 0.178. The monoisotopic (exact) mass is 260 g/mol. The zero-order valence-corrected chi connectivity index (χ0v) is 13.0. The highest BCUT2D eigenvalue weighted by Crippen LogP contribution is 2.39. The van der Waals surface area contributed by atoms with Gasteiger partial charge in [0.15, 0.2) is 0 Å². The number of nitrogens with zero attached hydrogens (tertiary/aromatic N) is 1. The Balaban J connectivity index is 2.06. The maximum atomic E-state index is 3.74. The lowest BCUT2D eigenvalue weighted by Gasteiger charge is -2.39. The van der Waals surface area contributed by atoms with E-state index in [-0.39, 0.29) is 0 Å². The number of hydrogen-bond donors (Lipinski definition) is 1. The summed E-state index contributed by atoms with van der Waals surface area (Å²) >= 11 is 0. The van der Waals surface area contributed by atoms with Crippen molar-refractivity contribution in [1.82, 2.24) is 0 Å². The van der Waals surface area contributed by atoms with Crippen LogP contribution in [0.5, 0.6) is 0 Å². The predicted molar refractivity (Wildman–Crippen MR) is 85.0 cm³/mol. The van der Waals surface area contributed by atoms with Crippen LogP contribution in [0, 0.1) is 11.3 Å². The molecule has 106 valence electrons. The molecule has 0 amide bonds. The Labute approximate surface area is 118 Å². The van der Waals surface area contributed by atoms with Crippen molar-refractivity contribution >= 4 is 11.4 Å². The molecule has 2 atom stereocenters. The fourth-order valence-electron chi connectivity index (χ4n) is 3.57. The molecule has 1 fully saturated rings. The van der Waals surface area contributed by atoms with Crippen LogP contribution < -0.4 is 10.2 Å². The number of rotatable bonds is 3. The fraction of sp³-hybridized carbons (Fsp3) is 0.647. The fourth-order valence-corrected chi connectivity index (χ4v) is 3.57. The minimum Gasteiger partial charge on any atom is -0.382 e. The van der Waals surface area contributed by atoms with Crippen molar-refractivity contribution in [1.29, 1.82) is 0 Å². The van der Waals surface area contributed by atoms with Crippen LogP contribution in [0.25, 0.3) is 0 Å². The van der Waals surface area contributed by atoms with E-state index in [2.05, 4.69) is 69.3 Å². The molecule has 0 radical (unpaired) electrons. The van der Waals surface area contributed by atoms with Gasteiger partial charge < -0.3 is 10.2 Å². The Morgan fingerprint density at radius 1 is 1.21 bits per heavy atom. The van der Waals surface area contributed by atoms with Crippen LogP contribution in [-0.4, -0.2) is 20.1 Å². The molecule has 1 N–H and O–H groups in total. The third-order valence-electron chi connectivity index (χ3n) is 4.12. The quantitative estimate of drug-likeness (QED) is 0.867. The van der Waals surface area contributed by atoms with E-state index in [9.17, 15) is 0 Å². The second-order valence-corrected chi connectivity index (χ2v) is 7.20. The van der Waals surface area contributed by atoms with Gasteiger partial charge in [-0.05, 0) is 48.8 Å². The van der Waals surface area contributed by atoms with Crippen molar-refractivity contribution in [2.75, 3.05) is 24.3 Å². The number of nitrogens with one attached hydrogen (secondary N) is 1. The standard InChI is InChI=1S/C17H28N2/c1-13-9-15(12-17(2,3)11-13)18-14-7-6-8-16(10-14)19(4)5/h6-8,10,13,15,18H,9,11-12H2,1-5H3. The zero-order chi connectivity index (χ0) is 14.0. The number of anilines is 2. The lowest BCUT2D eigenvalue weighted by atomic mass is 9.70. The van der Waals surface area contributed by atoms with Gasteiger partial charge in [0.25, 0.3) is 0 Å². The lowest BCUT2D eigenvalue weighted by Crippen LogP contribution is -2.35. The Morgan fingerprint density at radius 3 is 2.58 bits per heavy atom. The van der Waals surface area contributed by atoms with E-state index in [1.807, 2.05) is 0 Å². The summed E-state index contributed by atoms with van der Waals surface area (Å²) in [7, 11) is 4.18. The molecule has 2 nitrogen and oxygen atoms in total. The highest BCUT2D eigenvalue weighted by atomic mass is 15.1. The molecule has 1 aliphatic rings. The van der Waals surface area contributed by atoms with Crippen LogP contribution in [0.15, 0.2) is 24.3 Å². The Morgan fingerprint density at radius 2 is 1.95 bits per heavy atom.